The molecule has 0 atom stereocenters. The van der Waals surface area contributed by atoms with E-state index in [2.05, 4.69) is 0 Å². The molecule has 1 aliphatic heterocycles. The Morgan fingerprint density at radius 2 is 1.85 bits per heavy atom. The number of carbonyl (C=O) groups is 2. The molecular formula is C13H15ClN2O4. The predicted octanol–water partition coefficient (Wildman–Crippen LogP) is 0.888. The fourth-order valence-electron chi connectivity index (χ4n) is 2.12. The predicted molar refractivity (Wildman–Crippen MR) is 73.1 cm³/mol. The molecule has 0 spiro atoms. The number of aromatic hydroxyl groups is 1. The summed E-state index contributed by atoms with van der Waals surface area (Å²) in [4.78, 5) is 26.3. The van der Waals surface area contributed by atoms with Crippen molar-refractivity contribution in [3.05, 3.63) is 28.8 Å². The molecule has 0 saturated carbocycles. The summed E-state index contributed by atoms with van der Waals surface area (Å²) in [5, 5.41) is 18.2. The summed E-state index contributed by atoms with van der Waals surface area (Å²) in [5.74, 6) is -1.09. The van der Waals surface area contributed by atoms with Gasteiger partial charge in [-0.05, 0) is 18.2 Å². The van der Waals surface area contributed by atoms with E-state index in [9.17, 15) is 14.7 Å². The zero-order valence-electron chi connectivity index (χ0n) is 10.8. The van der Waals surface area contributed by atoms with Crippen molar-refractivity contribution < 1.29 is 19.8 Å². The summed E-state index contributed by atoms with van der Waals surface area (Å²) in [6.07, 6.45) is 0. The number of hydrogen-bond acceptors (Lipinski definition) is 4. The van der Waals surface area contributed by atoms with Gasteiger partial charge in [0, 0.05) is 31.7 Å². The molecule has 6 nitrogen and oxygen atoms in total. The van der Waals surface area contributed by atoms with Crippen molar-refractivity contribution in [2.45, 2.75) is 0 Å². The number of piperazine rings is 1. The van der Waals surface area contributed by atoms with E-state index in [4.69, 9.17) is 16.7 Å². The summed E-state index contributed by atoms with van der Waals surface area (Å²) < 4.78 is 0. The van der Waals surface area contributed by atoms with Crippen LogP contribution in [0.15, 0.2) is 18.2 Å². The number of amides is 1. The number of nitrogens with zero attached hydrogens (tertiary/aromatic N) is 2. The second-order valence-corrected chi connectivity index (χ2v) is 5.04. The highest BCUT2D eigenvalue weighted by molar-refractivity contribution is 6.32. The minimum atomic E-state index is -0.866. The van der Waals surface area contributed by atoms with Crippen molar-refractivity contribution in [3.8, 4) is 5.75 Å². The molecule has 1 aromatic carbocycles. The number of benzene rings is 1. The summed E-state index contributed by atoms with van der Waals surface area (Å²) in [6.45, 7) is 2.01. The number of hydrogen-bond donors (Lipinski definition) is 2. The average Bonchev–Trinajstić information content (AvgIpc) is 2.41. The third-order valence-corrected chi connectivity index (χ3v) is 3.52. The first kappa shape index (κ1) is 14.6. The van der Waals surface area contributed by atoms with Crippen molar-refractivity contribution in [3.63, 3.8) is 0 Å². The molecule has 20 heavy (non-hydrogen) atoms. The second-order valence-electron chi connectivity index (χ2n) is 4.63. The van der Waals surface area contributed by atoms with E-state index in [1.165, 1.54) is 18.2 Å². The van der Waals surface area contributed by atoms with Crippen LogP contribution >= 0.6 is 11.6 Å². The normalized spacial score (nSPS) is 16.1. The largest absolute Gasteiger partial charge is 0.506 e. The fraction of sp³-hybridized carbons (Fsp3) is 0.385. The Morgan fingerprint density at radius 3 is 2.40 bits per heavy atom. The highest BCUT2D eigenvalue weighted by atomic mass is 35.5. The monoisotopic (exact) mass is 298 g/mol. The number of carbonyl (C=O) groups excluding carboxylic acids is 1. The van der Waals surface area contributed by atoms with Gasteiger partial charge in [0.2, 0.25) is 0 Å². The van der Waals surface area contributed by atoms with Crippen molar-refractivity contribution in [1.29, 1.82) is 0 Å². The van der Waals surface area contributed by atoms with Crippen molar-refractivity contribution >= 4 is 23.5 Å². The number of rotatable bonds is 3. The Kier molecular flexibility index (Phi) is 4.46. The van der Waals surface area contributed by atoms with Crippen LogP contribution in [0.2, 0.25) is 5.02 Å². The van der Waals surface area contributed by atoms with Gasteiger partial charge in [-0.15, -0.1) is 0 Å². The van der Waals surface area contributed by atoms with E-state index in [-0.39, 0.29) is 23.2 Å². The van der Waals surface area contributed by atoms with Crippen LogP contribution in [0.25, 0.3) is 0 Å². The topological polar surface area (TPSA) is 81.1 Å². The van der Waals surface area contributed by atoms with Gasteiger partial charge in [-0.2, -0.15) is 0 Å². The van der Waals surface area contributed by atoms with Crippen molar-refractivity contribution in [1.82, 2.24) is 9.80 Å². The summed E-state index contributed by atoms with van der Waals surface area (Å²) >= 11 is 5.78. The highest BCUT2D eigenvalue weighted by Crippen LogP contribution is 2.24. The first-order valence-electron chi connectivity index (χ1n) is 6.19. The van der Waals surface area contributed by atoms with Crippen LogP contribution in [-0.2, 0) is 4.79 Å². The number of halogens is 1. The fourth-order valence-corrected chi connectivity index (χ4v) is 2.30. The molecular weight excluding hydrogens is 284 g/mol. The van der Waals surface area contributed by atoms with Crippen LogP contribution < -0.4 is 0 Å². The maximum atomic E-state index is 12.2. The molecule has 1 saturated heterocycles. The average molecular weight is 299 g/mol. The van der Waals surface area contributed by atoms with Crippen LogP contribution in [0.1, 0.15) is 10.4 Å². The molecule has 108 valence electrons. The minimum Gasteiger partial charge on any atom is -0.506 e. The third kappa shape index (κ3) is 3.40. The van der Waals surface area contributed by atoms with E-state index in [1.54, 1.807) is 9.80 Å². The molecule has 0 bridgehead atoms. The lowest BCUT2D eigenvalue weighted by Crippen LogP contribution is -2.49. The van der Waals surface area contributed by atoms with Crippen molar-refractivity contribution in [2.24, 2.45) is 0 Å². The molecule has 2 rings (SSSR count). The molecule has 1 amide bonds. The van der Waals surface area contributed by atoms with Gasteiger partial charge in [0.25, 0.3) is 5.91 Å². The highest BCUT2D eigenvalue weighted by Gasteiger charge is 2.23. The Hall–Kier alpha value is -1.79. The van der Waals surface area contributed by atoms with Crippen LogP contribution in [0, 0.1) is 0 Å². The Balaban J connectivity index is 1.97. The molecule has 1 heterocycles. The number of phenols is 1. The Morgan fingerprint density at radius 1 is 1.20 bits per heavy atom. The zero-order chi connectivity index (χ0) is 14.7. The first-order valence-corrected chi connectivity index (χ1v) is 6.57. The molecule has 0 unspecified atom stereocenters. The molecule has 0 aromatic heterocycles. The number of carboxylic acids is 1. The van der Waals surface area contributed by atoms with Gasteiger partial charge in [-0.3, -0.25) is 14.5 Å². The van der Waals surface area contributed by atoms with Crippen LogP contribution in [0.5, 0.6) is 5.75 Å². The van der Waals surface area contributed by atoms with Gasteiger partial charge < -0.3 is 15.1 Å². The lowest BCUT2D eigenvalue weighted by Gasteiger charge is -2.33. The van der Waals surface area contributed by atoms with Gasteiger partial charge in [-0.1, -0.05) is 11.6 Å². The van der Waals surface area contributed by atoms with E-state index in [0.717, 1.165) is 0 Å². The van der Waals surface area contributed by atoms with Crippen LogP contribution in [0.4, 0.5) is 0 Å². The Bertz CT molecular complexity index is 527. The van der Waals surface area contributed by atoms with Crippen LogP contribution in [-0.4, -0.2) is 64.6 Å². The van der Waals surface area contributed by atoms with Crippen molar-refractivity contribution in [2.75, 3.05) is 32.7 Å². The lowest BCUT2D eigenvalue weighted by molar-refractivity contribution is -0.138. The minimum absolute atomic E-state index is 0.00688. The number of carboxylic acid groups (broad SMARTS) is 1. The SMILES string of the molecule is O=C(O)CN1CCN(C(=O)c2ccc(O)c(Cl)c2)CC1. The summed E-state index contributed by atoms with van der Waals surface area (Å²) in [5.41, 5.74) is 0.416. The molecule has 7 heteroatoms. The maximum absolute atomic E-state index is 12.2. The first-order chi connectivity index (χ1) is 9.47. The Labute approximate surface area is 121 Å². The molecule has 1 fully saturated rings. The number of phenolic OH excluding ortho intramolecular Hbond substituents is 1. The van der Waals surface area contributed by atoms with Gasteiger partial charge in [0.1, 0.15) is 5.75 Å². The molecule has 1 aliphatic rings. The summed E-state index contributed by atoms with van der Waals surface area (Å²) in [6, 6.07) is 4.34. The van der Waals surface area contributed by atoms with Crippen LogP contribution in [0.3, 0.4) is 0 Å². The van der Waals surface area contributed by atoms with Gasteiger partial charge in [0.15, 0.2) is 0 Å². The molecule has 1 aromatic rings. The van der Waals surface area contributed by atoms with E-state index in [0.29, 0.717) is 31.7 Å². The summed E-state index contributed by atoms with van der Waals surface area (Å²) in [7, 11) is 0. The van der Waals surface area contributed by atoms with Gasteiger partial charge in [-0.25, -0.2) is 0 Å². The van der Waals surface area contributed by atoms with Gasteiger partial charge >= 0.3 is 5.97 Å². The van der Waals surface area contributed by atoms with E-state index >= 15 is 0 Å². The van der Waals surface area contributed by atoms with Gasteiger partial charge in [0.05, 0.1) is 11.6 Å². The third-order valence-electron chi connectivity index (χ3n) is 3.21. The molecule has 0 radical (unpaired) electrons. The smallest absolute Gasteiger partial charge is 0.317 e. The quantitative estimate of drug-likeness (QED) is 0.866. The molecule has 0 aliphatic carbocycles. The zero-order valence-corrected chi connectivity index (χ0v) is 11.5. The number of aliphatic carboxylic acids is 1. The lowest BCUT2D eigenvalue weighted by atomic mass is 10.1. The van der Waals surface area contributed by atoms with E-state index < -0.39 is 5.97 Å². The second kappa shape index (κ2) is 6.11. The maximum Gasteiger partial charge on any atom is 0.317 e. The van der Waals surface area contributed by atoms with E-state index in [1.807, 2.05) is 0 Å². The standard InChI is InChI=1S/C13H15ClN2O4/c14-10-7-9(1-2-11(10)17)13(20)16-5-3-15(4-6-16)8-12(18)19/h1-2,7,17H,3-6,8H2,(H,18,19). The molecule has 2 N–H and O–H groups in total.